The van der Waals surface area contributed by atoms with Gasteiger partial charge in [0.05, 0.1) is 0 Å². The molecule has 1 fully saturated rings. The van der Waals surface area contributed by atoms with Crippen LogP contribution in [0.15, 0.2) is 24.3 Å². The van der Waals surface area contributed by atoms with E-state index in [9.17, 15) is 0 Å². The summed E-state index contributed by atoms with van der Waals surface area (Å²) in [5.41, 5.74) is 1.42. The largest absolute Gasteiger partial charge is 1.00 e. The normalized spacial score (nSPS) is 15.3. The molecule has 1 aliphatic rings. The summed E-state index contributed by atoms with van der Waals surface area (Å²) in [7, 11) is 0. The summed E-state index contributed by atoms with van der Waals surface area (Å²) in [5, 5.41) is 10.9. The highest BCUT2D eigenvalue weighted by atomic mass is 35.5. The Morgan fingerprint density at radius 1 is 1.22 bits per heavy atom. The molecule has 0 aliphatic carbocycles. The quantitative estimate of drug-likeness (QED) is 0.898. The maximum atomic E-state index is 7.56. The van der Waals surface area contributed by atoms with Gasteiger partial charge >= 0.3 is 1.43 Å². The Morgan fingerprint density at radius 2 is 1.89 bits per heavy atom. The van der Waals surface area contributed by atoms with Crippen molar-refractivity contribution in [1.29, 1.82) is 5.41 Å². The van der Waals surface area contributed by atoms with Gasteiger partial charge in [-0.3, -0.25) is 5.41 Å². The number of aryl methyl sites for hydroxylation is 1. The lowest BCUT2D eigenvalue weighted by Gasteiger charge is -2.22. The van der Waals surface area contributed by atoms with E-state index in [0.29, 0.717) is 5.49 Å². The second kappa shape index (κ2) is 9.31. The van der Waals surface area contributed by atoms with Crippen molar-refractivity contribution >= 4 is 24.8 Å². The second-order valence-electron chi connectivity index (χ2n) is 4.44. The van der Waals surface area contributed by atoms with Crippen LogP contribution in [-0.4, -0.2) is 18.1 Å². The monoisotopic (exact) mass is 290 g/mol. The molecule has 3 nitrogen and oxygen atoms in total. The molecule has 2 N–H and O–H groups in total. The molecule has 0 aromatic carbocycles. The fourth-order valence-electron chi connectivity index (χ4n) is 2.20. The van der Waals surface area contributed by atoms with Crippen LogP contribution in [0.1, 0.15) is 26.4 Å². The average Bonchev–Trinajstić information content (AvgIpc) is 2.52. The van der Waals surface area contributed by atoms with E-state index in [1.807, 2.05) is 18.2 Å². The van der Waals surface area contributed by atoms with Crippen molar-refractivity contribution in [2.24, 2.45) is 5.92 Å². The van der Waals surface area contributed by atoms with Crippen LogP contribution < -0.4 is 10.8 Å². The van der Waals surface area contributed by atoms with Crippen LogP contribution in [0.3, 0.4) is 0 Å². The molecule has 1 aliphatic heterocycles. The van der Waals surface area contributed by atoms with Crippen LogP contribution in [-0.2, 0) is 6.42 Å². The van der Waals surface area contributed by atoms with E-state index in [4.69, 9.17) is 5.41 Å². The van der Waals surface area contributed by atoms with Gasteiger partial charge in [0, 0.05) is 5.69 Å². The number of hydrogen-bond donors (Lipinski definition) is 2. The van der Waals surface area contributed by atoms with Crippen molar-refractivity contribution in [3.8, 4) is 0 Å². The van der Waals surface area contributed by atoms with Gasteiger partial charge in [0.2, 0.25) is 0 Å². The maximum Gasteiger partial charge on any atom is 1.00 e. The van der Waals surface area contributed by atoms with Gasteiger partial charge in [-0.2, -0.15) is 0 Å². The van der Waals surface area contributed by atoms with Gasteiger partial charge in [0.1, 0.15) is 5.49 Å². The maximum absolute atomic E-state index is 7.56. The molecule has 1 aromatic heterocycles. The number of nitrogens with zero attached hydrogens (tertiary/aromatic N) is 1. The lowest BCUT2D eigenvalue weighted by Crippen LogP contribution is -2.28. The van der Waals surface area contributed by atoms with Crippen molar-refractivity contribution in [3.05, 3.63) is 35.4 Å². The molecule has 1 saturated heterocycles. The predicted molar refractivity (Wildman–Crippen MR) is 79.6 cm³/mol. The lowest BCUT2D eigenvalue weighted by atomic mass is 9.92. The molecular formula is C13H22Cl2N3+. The number of halogens is 2. The molecule has 18 heavy (non-hydrogen) atoms. The van der Waals surface area contributed by atoms with Gasteiger partial charge in [-0.1, -0.05) is 12.1 Å². The smallest absolute Gasteiger partial charge is 0.317 e. The fourth-order valence-corrected chi connectivity index (χ4v) is 2.20. The van der Waals surface area contributed by atoms with Crippen LogP contribution >= 0.6 is 24.8 Å². The summed E-state index contributed by atoms with van der Waals surface area (Å²) in [6.45, 7) is 2.31. The van der Waals surface area contributed by atoms with E-state index in [-0.39, 0.29) is 26.2 Å². The average molecular weight is 291 g/mol. The highest BCUT2D eigenvalue weighted by molar-refractivity contribution is 5.85. The highest BCUT2D eigenvalue weighted by Crippen LogP contribution is 2.17. The van der Waals surface area contributed by atoms with E-state index >= 15 is 0 Å². The molecule has 0 saturated carbocycles. The summed E-state index contributed by atoms with van der Waals surface area (Å²) < 4.78 is 0. The Labute approximate surface area is 122 Å². The first-order valence-electron chi connectivity index (χ1n) is 6.06. The van der Waals surface area contributed by atoms with Crippen LogP contribution in [0.5, 0.6) is 0 Å². The molecule has 0 bridgehead atoms. The molecule has 0 spiro atoms. The Hall–Kier alpha value is -0.640. The molecule has 2 heterocycles. The van der Waals surface area contributed by atoms with Crippen molar-refractivity contribution in [2.75, 3.05) is 13.1 Å². The molecule has 0 atom stereocenters. The van der Waals surface area contributed by atoms with Gasteiger partial charge in [-0.25, -0.2) is 4.98 Å². The van der Waals surface area contributed by atoms with Gasteiger partial charge in [0.25, 0.3) is 0 Å². The van der Waals surface area contributed by atoms with Gasteiger partial charge in [-0.05, 0) is 56.8 Å². The molecule has 1 aromatic rings. The van der Waals surface area contributed by atoms with Crippen molar-refractivity contribution in [1.82, 2.24) is 10.3 Å². The third kappa shape index (κ3) is 5.80. The highest BCUT2D eigenvalue weighted by Gasteiger charge is 2.12. The summed E-state index contributed by atoms with van der Waals surface area (Å²) >= 11 is 0. The minimum atomic E-state index is 0. The van der Waals surface area contributed by atoms with E-state index in [0.717, 1.165) is 31.1 Å². The summed E-state index contributed by atoms with van der Waals surface area (Å²) in [4.78, 5) is 4.27. The van der Waals surface area contributed by atoms with E-state index < -0.39 is 0 Å². The predicted octanol–water partition coefficient (Wildman–Crippen LogP) is 2.45. The first kappa shape index (κ1) is 17.4. The van der Waals surface area contributed by atoms with E-state index in [1.165, 1.54) is 19.3 Å². The Balaban J connectivity index is 0. The van der Waals surface area contributed by atoms with Gasteiger partial charge < -0.3 is 5.32 Å². The molecular weight excluding hydrogens is 269 g/mol. The van der Waals surface area contributed by atoms with Crippen LogP contribution in [0, 0.1) is 11.3 Å². The summed E-state index contributed by atoms with van der Waals surface area (Å²) in [6, 6.07) is 7.61. The standard InChI is InChI=1S/C13H19N3.2ClH/c14-13-4-2-1-3-12(16-13)6-5-11-7-9-15-10-8-11;;/h1-4,11,14-15H,5-10H2;2*1H/p+1. The first-order chi connectivity index (χ1) is 7.84. The molecule has 2 rings (SSSR count). The van der Waals surface area contributed by atoms with Crippen LogP contribution in [0.2, 0.25) is 0 Å². The van der Waals surface area contributed by atoms with E-state index in [1.54, 1.807) is 6.07 Å². The van der Waals surface area contributed by atoms with Crippen molar-refractivity contribution in [3.63, 3.8) is 0 Å². The number of nitrogens with one attached hydrogen (secondary N) is 2. The Kier molecular flexibility index (Phi) is 8.98. The van der Waals surface area contributed by atoms with Gasteiger partial charge in [0.15, 0.2) is 0 Å². The lowest BCUT2D eigenvalue weighted by molar-refractivity contribution is 0.353. The van der Waals surface area contributed by atoms with Crippen molar-refractivity contribution < 1.29 is 1.43 Å². The topological polar surface area (TPSA) is 48.8 Å². The summed E-state index contributed by atoms with van der Waals surface area (Å²) in [6.07, 6.45) is 4.78. The zero-order valence-corrected chi connectivity index (χ0v) is 12.0. The molecule has 0 amide bonds. The first-order valence-corrected chi connectivity index (χ1v) is 6.06. The molecule has 102 valence electrons. The number of aromatic nitrogens is 1. The van der Waals surface area contributed by atoms with Crippen LogP contribution in [0.25, 0.3) is 0 Å². The SMILES string of the molecule is Cl.Cl.N=c1ccccc(CCC2CCNCC2)n1.[H+]. The number of rotatable bonds is 3. The molecule has 0 radical (unpaired) electrons. The van der Waals surface area contributed by atoms with Crippen LogP contribution in [0.4, 0.5) is 0 Å². The molecule has 5 heteroatoms. The minimum Gasteiger partial charge on any atom is -0.317 e. The third-order valence-electron chi connectivity index (χ3n) is 3.19. The minimum absolute atomic E-state index is 0. The number of hydrogen-bond acceptors (Lipinski definition) is 3. The Morgan fingerprint density at radius 3 is 2.61 bits per heavy atom. The number of piperidine rings is 1. The second-order valence-corrected chi connectivity index (χ2v) is 4.44. The fraction of sp³-hybridized carbons (Fsp3) is 0.538. The molecule has 0 unspecified atom stereocenters. The third-order valence-corrected chi connectivity index (χ3v) is 3.19. The Bertz CT molecular complexity index is 398. The van der Waals surface area contributed by atoms with E-state index in [2.05, 4.69) is 10.3 Å². The van der Waals surface area contributed by atoms with Crippen molar-refractivity contribution in [2.45, 2.75) is 25.7 Å². The zero-order valence-electron chi connectivity index (χ0n) is 11.4. The van der Waals surface area contributed by atoms with Gasteiger partial charge in [-0.15, -0.1) is 24.8 Å². The summed E-state index contributed by atoms with van der Waals surface area (Å²) in [5.74, 6) is 0.836. The zero-order chi connectivity index (χ0) is 11.2.